The Morgan fingerprint density at radius 3 is 2.15 bits per heavy atom. The van der Waals surface area contributed by atoms with Crippen molar-refractivity contribution < 1.29 is 4.79 Å². The number of nitrogens with zero attached hydrogens (tertiary/aromatic N) is 2. The summed E-state index contributed by atoms with van der Waals surface area (Å²) in [5.74, 6) is 0.148. The second-order valence-electron chi connectivity index (χ2n) is 8.23. The maximum absolute atomic E-state index is 12.8. The fourth-order valence-electron chi connectivity index (χ4n) is 3.33. The van der Waals surface area contributed by atoms with Crippen molar-refractivity contribution in [2.75, 3.05) is 32.7 Å². The zero-order valence-electron chi connectivity index (χ0n) is 16.7. The van der Waals surface area contributed by atoms with Crippen LogP contribution in [0.3, 0.4) is 0 Å². The molecule has 3 heteroatoms. The molecule has 2 aromatic rings. The highest BCUT2D eigenvalue weighted by Gasteiger charge is 2.22. The van der Waals surface area contributed by atoms with Gasteiger partial charge in [-0.05, 0) is 28.7 Å². The van der Waals surface area contributed by atoms with E-state index in [4.69, 9.17) is 0 Å². The minimum atomic E-state index is 0.112. The minimum Gasteiger partial charge on any atom is -0.336 e. The third kappa shape index (κ3) is 5.30. The van der Waals surface area contributed by atoms with Gasteiger partial charge in [-0.3, -0.25) is 9.69 Å². The Labute approximate surface area is 163 Å². The van der Waals surface area contributed by atoms with Gasteiger partial charge in [0, 0.05) is 38.3 Å². The second-order valence-corrected chi connectivity index (χ2v) is 8.23. The first-order valence-electron chi connectivity index (χ1n) is 9.77. The fourth-order valence-corrected chi connectivity index (χ4v) is 3.33. The molecule has 1 amide bonds. The van der Waals surface area contributed by atoms with Gasteiger partial charge >= 0.3 is 0 Å². The van der Waals surface area contributed by atoms with E-state index >= 15 is 0 Å². The SMILES string of the molecule is CC(C)(C)c1ccc(C(=O)N2CCN(C/C=C\c3ccccc3)CC2)cc1. The van der Waals surface area contributed by atoms with E-state index in [1.807, 2.05) is 23.1 Å². The highest BCUT2D eigenvalue weighted by atomic mass is 16.2. The molecule has 2 aromatic carbocycles. The summed E-state index contributed by atoms with van der Waals surface area (Å²) in [4.78, 5) is 17.1. The maximum Gasteiger partial charge on any atom is 0.253 e. The van der Waals surface area contributed by atoms with Gasteiger partial charge in [-0.15, -0.1) is 0 Å². The van der Waals surface area contributed by atoms with Crippen LogP contribution in [0.2, 0.25) is 0 Å². The van der Waals surface area contributed by atoms with E-state index in [1.54, 1.807) is 0 Å². The van der Waals surface area contributed by atoms with E-state index in [9.17, 15) is 4.79 Å². The molecule has 142 valence electrons. The Morgan fingerprint density at radius 2 is 1.56 bits per heavy atom. The molecular formula is C24H30N2O. The number of hydrogen-bond donors (Lipinski definition) is 0. The van der Waals surface area contributed by atoms with Crippen LogP contribution >= 0.6 is 0 Å². The number of amides is 1. The van der Waals surface area contributed by atoms with E-state index in [0.29, 0.717) is 0 Å². The monoisotopic (exact) mass is 362 g/mol. The van der Waals surface area contributed by atoms with Gasteiger partial charge in [-0.25, -0.2) is 0 Å². The maximum atomic E-state index is 12.8. The molecule has 0 saturated carbocycles. The molecule has 0 bridgehead atoms. The zero-order chi connectivity index (χ0) is 19.3. The van der Waals surface area contributed by atoms with E-state index in [0.717, 1.165) is 38.3 Å². The van der Waals surface area contributed by atoms with Gasteiger partial charge in [-0.1, -0.05) is 75.4 Å². The summed E-state index contributed by atoms with van der Waals surface area (Å²) >= 11 is 0. The van der Waals surface area contributed by atoms with Crippen LogP contribution in [-0.4, -0.2) is 48.4 Å². The molecule has 1 aliphatic heterocycles. The van der Waals surface area contributed by atoms with Crippen molar-refractivity contribution in [3.8, 4) is 0 Å². The van der Waals surface area contributed by atoms with Gasteiger partial charge in [-0.2, -0.15) is 0 Å². The Balaban J connectivity index is 1.50. The second kappa shape index (κ2) is 8.53. The quantitative estimate of drug-likeness (QED) is 0.802. The molecule has 27 heavy (non-hydrogen) atoms. The summed E-state index contributed by atoms with van der Waals surface area (Å²) in [5, 5.41) is 0. The van der Waals surface area contributed by atoms with Crippen LogP contribution in [0.15, 0.2) is 60.7 Å². The molecule has 0 aliphatic carbocycles. The molecule has 1 fully saturated rings. The first kappa shape index (κ1) is 19.4. The molecule has 1 heterocycles. The number of piperazine rings is 1. The molecule has 0 aromatic heterocycles. The summed E-state index contributed by atoms with van der Waals surface area (Å²) in [5.41, 5.74) is 3.39. The third-order valence-corrected chi connectivity index (χ3v) is 5.13. The van der Waals surface area contributed by atoms with Crippen molar-refractivity contribution in [1.82, 2.24) is 9.80 Å². The molecule has 3 rings (SSSR count). The molecule has 1 saturated heterocycles. The van der Waals surface area contributed by atoms with Crippen LogP contribution in [-0.2, 0) is 5.41 Å². The van der Waals surface area contributed by atoms with Crippen molar-refractivity contribution in [3.05, 3.63) is 77.4 Å². The number of rotatable bonds is 4. The number of carbonyl (C=O) groups excluding carboxylic acids is 1. The Kier molecular flexibility index (Phi) is 6.12. The van der Waals surface area contributed by atoms with Gasteiger partial charge in [0.25, 0.3) is 5.91 Å². The largest absolute Gasteiger partial charge is 0.336 e. The van der Waals surface area contributed by atoms with Gasteiger partial charge in [0.15, 0.2) is 0 Å². The van der Waals surface area contributed by atoms with Gasteiger partial charge in [0.1, 0.15) is 0 Å². The highest BCUT2D eigenvalue weighted by Crippen LogP contribution is 2.22. The lowest BCUT2D eigenvalue weighted by Crippen LogP contribution is -2.48. The summed E-state index contributed by atoms with van der Waals surface area (Å²) in [6.07, 6.45) is 4.37. The summed E-state index contributed by atoms with van der Waals surface area (Å²) in [7, 11) is 0. The van der Waals surface area contributed by atoms with Gasteiger partial charge < -0.3 is 4.90 Å². The van der Waals surface area contributed by atoms with Crippen LogP contribution in [0.4, 0.5) is 0 Å². The average molecular weight is 363 g/mol. The fraction of sp³-hybridized carbons (Fsp3) is 0.375. The summed E-state index contributed by atoms with van der Waals surface area (Å²) < 4.78 is 0. The number of benzene rings is 2. The highest BCUT2D eigenvalue weighted by molar-refractivity contribution is 5.94. The average Bonchev–Trinajstić information content (AvgIpc) is 2.68. The lowest BCUT2D eigenvalue weighted by Gasteiger charge is -2.34. The number of hydrogen-bond acceptors (Lipinski definition) is 2. The van der Waals surface area contributed by atoms with Crippen molar-refractivity contribution in [2.45, 2.75) is 26.2 Å². The van der Waals surface area contributed by atoms with Crippen LogP contribution in [0.5, 0.6) is 0 Å². The Hall–Kier alpha value is -2.39. The van der Waals surface area contributed by atoms with E-state index in [1.165, 1.54) is 11.1 Å². The Bertz CT molecular complexity index is 764. The van der Waals surface area contributed by atoms with Crippen molar-refractivity contribution >= 4 is 12.0 Å². The van der Waals surface area contributed by atoms with Crippen LogP contribution < -0.4 is 0 Å². The van der Waals surface area contributed by atoms with Crippen LogP contribution in [0, 0.1) is 0 Å². The number of carbonyl (C=O) groups is 1. The van der Waals surface area contributed by atoms with Crippen LogP contribution in [0.25, 0.3) is 6.08 Å². The molecule has 1 aliphatic rings. The normalized spacial score (nSPS) is 16.0. The minimum absolute atomic E-state index is 0.112. The van der Waals surface area contributed by atoms with Crippen LogP contribution in [0.1, 0.15) is 42.3 Å². The van der Waals surface area contributed by atoms with E-state index in [2.05, 4.69) is 74.2 Å². The third-order valence-electron chi connectivity index (χ3n) is 5.13. The van der Waals surface area contributed by atoms with Gasteiger partial charge in [0.2, 0.25) is 0 Å². The summed E-state index contributed by atoms with van der Waals surface area (Å²) in [6, 6.07) is 18.5. The predicted molar refractivity (Wildman–Crippen MR) is 113 cm³/mol. The molecule has 0 spiro atoms. The zero-order valence-corrected chi connectivity index (χ0v) is 16.7. The molecule has 0 unspecified atom stereocenters. The molecule has 0 N–H and O–H groups in total. The van der Waals surface area contributed by atoms with E-state index in [-0.39, 0.29) is 11.3 Å². The molecule has 3 nitrogen and oxygen atoms in total. The van der Waals surface area contributed by atoms with Crippen molar-refractivity contribution in [3.63, 3.8) is 0 Å². The molecule has 0 radical (unpaired) electrons. The first-order chi connectivity index (χ1) is 12.9. The smallest absolute Gasteiger partial charge is 0.253 e. The molecular weight excluding hydrogens is 332 g/mol. The van der Waals surface area contributed by atoms with Crippen molar-refractivity contribution in [1.29, 1.82) is 0 Å². The lowest BCUT2D eigenvalue weighted by atomic mass is 9.86. The van der Waals surface area contributed by atoms with Crippen molar-refractivity contribution in [2.24, 2.45) is 0 Å². The molecule has 0 atom stereocenters. The topological polar surface area (TPSA) is 23.6 Å². The predicted octanol–water partition coefficient (Wildman–Crippen LogP) is 4.46. The van der Waals surface area contributed by atoms with Gasteiger partial charge in [0.05, 0.1) is 0 Å². The summed E-state index contributed by atoms with van der Waals surface area (Å²) in [6.45, 7) is 10.9. The van der Waals surface area contributed by atoms with E-state index < -0.39 is 0 Å². The lowest BCUT2D eigenvalue weighted by molar-refractivity contribution is 0.0650. The first-order valence-corrected chi connectivity index (χ1v) is 9.77. The standard InChI is InChI=1S/C24H30N2O/c1-24(2,3)22-13-11-21(12-14-22)23(27)26-18-16-25(17-19-26)15-7-10-20-8-5-4-6-9-20/h4-14H,15-19H2,1-3H3/b10-7-. The Morgan fingerprint density at radius 1 is 0.926 bits per heavy atom.